The lowest BCUT2D eigenvalue weighted by molar-refractivity contribution is 0.0731. The summed E-state index contributed by atoms with van der Waals surface area (Å²) in [6, 6.07) is 19.3. The summed E-state index contributed by atoms with van der Waals surface area (Å²) in [6.07, 6.45) is 0.754. The zero-order valence-corrected chi connectivity index (χ0v) is 17.4. The van der Waals surface area contributed by atoms with Gasteiger partial charge in [-0.05, 0) is 53.9 Å². The molecule has 156 valence electrons. The van der Waals surface area contributed by atoms with Crippen LogP contribution < -0.4 is 0 Å². The van der Waals surface area contributed by atoms with Crippen molar-refractivity contribution in [3.63, 3.8) is 0 Å². The van der Waals surface area contributed by atoms with Crippen LogP contribution in [-0.2, 0) is 19.5 Å². The summed E-state index contributed by atoms with van der Waals surface area (Å²) in [5, 5.41) is 11.0. The van der Waals surface area contributed by atoms with Crippen LogP contribution in [0.25, 0.3) is 10.9 Å². The molecule has 2 heterocycles. The summed E-state index contributed by atoms with van der Waals surface area (Å²) < 4.78 is 15.6. The highest BCUT2D eigenvalue weighted by Gasteiger charge is 2.27. The standard InChI is InChI=1S/C25H20ClFN2O2/c26-21-13-17(7-10-24(21)30)25(31)28-12-11-20-19-3-1-2-4-22(19)29(23(20)15-28)14-16-5-8-18(27)9-6-16/h1-10,13,30H,11-12,14-15H2. The predicted octanol–water partition coefficient (Wildman–Crippen LogP) is 5.39. The maximum Gasteiger partial charge on any atom is 0.254 e. The number of amides is 1. The molecule has 4 aromatic rings. The molecule has 0 saturated heterocycles. The van der Waals surface area contributed by atoms with Gasteiger partial charge < -0.3 is 14.6 Å². The Hall–Kier alpha value is -3.31. The van der Waals surface area contributed by atoms with E-state index in [4.69, 9.17) is 11.6 Å². The molecule has 0 saturated carbocycles. The Morgan fingerprint density at radius 3 is 2.61 bits per heavy atom. The minimum atomic E-state index is -0.257. The number of nitrogens with zero attached hydrogens (tertiary/aromatic N) is 2. The van der Waals surface area contributed by atoms with Crippen LogP contribution >= 0.6 is 11.6 Å². The van der Waals surface area contributed by atoms with E-state index in [-0.39, 0.29) is 22.5 Å². The third-order valence-corrected chi connectivity index (χ3v) is 6.21. The van der Waals surface area contributed by atoms with Crippen LogP contribution in [0.1, 0.15) is 27.2 Å². The molecule has 0 aliphatic carbocycles. The van der Waals surface area contributed by atoms with Crippen molar-refractivity contribution >= 4 is 28.4 Å². The Kier molecular flexibility index (Phi) is 4.91. The van der Waals surface area contributed by atoms with Gasteiger partial charge in [-0.2, -0.15) is 0 Å². The second-order valence-corrected chi connectivity index (χ2v) is 8.21. The zero-order chi connectivity index (χ0) is 21.5. The van der Waals surface area contributed by atoms with Gasteiger partial charge in [0.1, 0.15) is 11.6 Å². The number of hydrogen-bond acceptors (Lipinski definition) is 2. The number of phenols is 1. The summed E-state index contributed by atoms with van der Waals surface area (Å²) >= 11 is 6.01. The largest absolute Gasteiger partial charge is 0.506 e. The van der Waals surface area contributed by atoms with Crippen molar-refractivity contribution in [2.45, 2.75) is 19.5 Å². The molecule has 3 aromatic carbocycles. The van der Waals surface area contributed by atoms with Crippen molar-refractivity contribution < 1.29 is 14.3 Å². The third kappa shape index (κ3) is 3.55. The van der Waals surface area contributed by atoms with Gasteiger partial charge in [-0.1, -0.05) is 41.9 Å². The molecule has 0 unspecified atom stereocenters. The number of aromatic nitrogens is 1. The maximum absolute atomic E-state index is 13.4. The molecule has 1 aromatic heterocycles. The first kappa shape index (κ1) is 19.6. The molecule has 1 N–H and O–H groups in total. The molecule has 0 spiro atoms. The summed E-state index contributed by atoms with van der Waals surface area (Å²) in [4.78, 5) is 14.9. The van der Waals surface area contributed by atoms with Crippen molar-refractivity contribution in [2.24, 2.45) is 0 Å². The van der Waals surface area contributed by atoms with E-state index in [9.17, 15) is 14.3 Å². The summed E-state index contributed by atoms with van der Waals surface area (Å²) in [7, 11) is 0. The topological polar surface area (TPSA) is 45.5 Å². The Balaban J connectivity index is 1.53. The normalized spacial score (nSPS) is 13.4. The van der Waals surface area contributed by atoms with Crippen LogP contribution in [-0.4, -0.2) is 27.0 Å². The SMILES string of the molecule is O=C(c1ccc(O)c(Cl)c1)N1CCc2c(n(Cc3ccc(F)cc3)c3ccccc23)C1. The van der Waals surface area contributed by atoms with E-state index < -0.39 is 0 Å². The molecular formula is C25H20ClFN2O2. The number of halogens is 2. The van der Waals surface area contributed by atoms with Gasteiger partial charge in [-0.25, -0.2) is 4.39 Å². The molecule has 1 amide bonds. The van der Waals surface area contributed by atoms with E-state index in [1.165, 1.54) is 35.2 Å². The van der Waals surface area contributed by atoms with Gasteiger partial charge in [0.05, 0.1) is 11.6 Å². The summed E-state index contributed by atoms with van der Waals surface area (Å²) in [5.41, 5.74) is 4.91. The fraction of sp³-hybridized carbons (Fsp3) is 0.160. The Bertz CT molecular complexity index is 1300. The zero-order valence-electron chi connectivity index (χ0n) is 16.7. The van der Waals surface area contributed by atoms with Gasteiger partial charge in [-0.3, -0.25) is 4.79 Å². The Morgan fingerprint density at radius 2 is 1.84 bits per heavy atom. The number of benzene rings is 3. The average molecular weight is 435 g/mol. The van der Waals surface area contributed by atoms with E-state index in [0.717, 1.165) is 23.2 Å². The number of carbonyl (C=O) groups excluding carboxylic acids is 1. The first-order valence-corrected chi connectivity index (χ1v) is 10.5. The van der Waals surface area contributed by atoms with Crippen LogP contribution in [0.3, 0.4) is 0 Å². The number of fused-ring (bicyclic) bond motifs is 3. The lowest BCUT2D eigenvalue weighted by Crippen LogP contribution is -2.36. The van der Waals surface area contributed by atoms with Crippen LogP contribution in [0.15, 0.2) is 66.7 Å². The van der Waals surface area contributed by atoms with Gasteiger partial charge in [-0.15, -0.1) is 0 Å². The summed E-state index contributed by atoms with van der Waals surface area (Å²) in [6.45, 7) is 1.68. The minimum Gasteiger partial charge on any atom is -0.506 e. The number of carbonyl (C=O) groups is 1. The smallest absolute Gasteiger partial charge is 0.254 e. The molecule has 1 aliphatic rings. The van der Waals surface area contributed by atoms with Crippen LogP contribution in [0, 0.1) is 5.82 Å². The van der Waals surface area contributed by atoms with E-state index in [0.29, 0.717) is 25.2 Å². The second kappa shape index (κ2) is 7.75. The first-order valence-electron chi connectivity index (χ1n) is 10.1. The Morgan fingerprint density at radius 1 is 1.06 bits per heavy atom. The van der Waals surface area contributed by atoms with Crippen LogP contribution in [0.4, 0.5) is 4.39 Å². The van der Waals surface area contributed by atoms with Gasteiger partial charge in [0.2, 0.25) is 0 Å². The quantitative estimate of drug-likeness (QED) is 0.470. The molecule has 0 fully saturated rings. The predicted molar refractivity (Wildman–Crippen MR) is 119 cm³/mol. The molecule has 4 nitrogen and oxygen atoms in total. The molecule has 1 aliphatic heterocycles. The monoisotopic (exact) mass is 434 g/mol. The van der Waals surface area contributed by atoms with Gasteiger partial charge in [0.15, 0.2) is 0 Å². The van der Waals surface area contributed by atoms with E-state index >= 15 is 0 Å². The number of aromatic hydroxyl groups is 1. The lowest BCUT2D eigenvalue weighted by Gasteiger charge is -2.29. The van der Waals surface area contributed by atoms with Crippen molar-refractivity contribution in [1.29, 1.82) is 0 Å². The number of hydrogen-bond donors (Lipinski definition) is 1. The second-order valence-electron chi connectivity index (χ2n) is 7.80. The molecule has 5 rings (SSSR count). The van der Waals surface area contributed by atoms with Crippen molar-refractivity contribution in [2.75, 3.05) is 6.54 Å². The maximum atomic E-state index is 13.4. The van der Waals surface area contributed by atoms with Crippen LogP contribution in [0.2, 0.25) is 5.02 Å². The fourth-order valence-corrected chi connectivity index (χ4v) is 4.52. The van der Waals surface area contributed by atoms with E-state index in [1.807, 2.05) is 17.0 Å². The van der Waals surface area contributed by atoms with Crippen LogP contribution in [0.5, 0.6) is 5.75 Å². The average Bonchev–Trinajstić information content (AvgIpc) is 3.10. The number of rotatable bonds is 3. The minimum absolute atomic E-state index is 0.0430. The number of phenolic OH excluding ortho intramolecular Hbond substituents is 1. The third-order valence-electron chi connectivity index (χ3n) is 5.90. The highest BCUT2D eigenvalue weighted by Crippen LogP contribution is 2.32. The van der Waals surface area contributed by atoms with Crippen molar-refractivity contribution in [3.8, 4) is 5.75 Å². The van der Waals surface area contributed by atoms with Gasteiger partial charge in [0, 0.05) is 35.2 Å². The highest BCUT2D eigenvalue weighted by molar-refractivity contribution is 6.32. The van der Waals surface area contributed by atoms with E-state index in [1.54, 1.807) is 18.2 Å². The molecule has 6 heteroatoms. The molecule has 0 bridgehead atoms. The molecular weight excluding hydrogens is 415 g/mol. The Labute approximate surface area is 184 Å². The highest BCUT2D eigenvalue weighted by atomic mass is 35.5. The van der Waals surface area contributed by atoms with E-state index in [2.05, 4.69) is 16.7 Å². The van der Waals surface area contributed by atoms with Crippen molar-refractivity contribution in [3.05, 3.63) is 100.0 Å². The van der Waals surface area contributed by atoms with Gasteiger partial charge in [0.25, 0.3) is 5.91 Å². The molecule has 0 radical (unpaired) electrons. The van der Waals surface area contributed by atoms with Gasteiger partial charge >= 0.3 is 0 Å². The fourth-order valence-electron chi connectivity index (χ4n) is 4.34. The first-order chi connectivity index (χ1) is 15.0. The summed E-state index contributed by atoms with van der Waals surface area (Å²) in [5.74, 6) is -0.419. The molecule has 31 heavy (non-hydrogen) atoms. The molecule has 0 atom stereocenters. The lowest BCUT2D eigenvalue weighted by atomic mass is 10.0. The number of para-hydroxylation sites is 1. The van der Waals surface area contributed by atoms with Crippen molar-refractivity contribution in [1.82, 2.24) is 9.47 Å².